The van der Waals surface area contributed by atoms with E-state index in [1.807, 2.05) is 6.92 Å². The van der Waals surface area contributed by atoms with Crippen molar-refractivity contribution >= 4 is 5.91 Å². The monoisotopic (exact) mass is 315 g/mol. The molecule has 1 aromatic carbocycles. The fraction of sp³-hybridized carbons (Fsp3) is 0.588. The second-order valence-electron chi connectivity index (χ2n) is 5.64. The van der Waals surface area contributed by atoms with Gasteiger partial charge in [0, 0.05) is 6.04 Å². The third kappa shape index (κ3) is 5.04. The molecule has 5 heteroatoms. The van der Waals surface area contributed by atoms with Crippen LogP contribution in [-0.2, 0) is 6.18 Å². The smallest absolute Gasteiger partial charge is 0.349 e. The van der Waals surface area contributed by atoms with Gasteiger partial charge in [0.2, 0.25) is 0 Å². The van der Waals surface area contributed by atoms with E-state index in [2.05, 4.69) is 19.2 Å². The van der Waals surface area contributed by atoms with Crippen molar-refractivity contribution in [1.29, 1.82) is 0 Å². The summed E-state index contributed by atoms with van der Waals surface area (Å²) in [5, 5.41) is 2.74. The molecule has 0 radical (unpaired) electrons. The number of benzene rings is 1. The van der Waals surface area contributed by atoms with Crippen molar-refractivity contribution in [2.75, 3.05) is 0 Å². The van der Waals surface area contributed by atoms with Gasteiger partial charge in [0.05, 0.1) is 11.1 Å². The second kappa shape index (κ2) is 8.20. The highest BCUT2D eigenvalue weighted by Gasteiger charge is 2.35. The van der Waals surface area contributed by atoms with Crippen LogP contribution in [0.15, 0.2) is 24.3 Å². The number of carbonyl (C=O) groups is 1. The fourth-order valence-corrected chi connectivity index (χ4v) is 2.72. The molecular weight excluding hydrogens is 291 g/mol. The van der Waals surface area contributed by atoms with E-state index in [4.69, 9.17) is 0 Å². The van der Waals surface area contributed by atoms with Gasteiger partial charge in [-0.2, -0.15) is 13.2 Å². The Hall–Kier alpha value is -1.52. The Kier molecular flexibility index (Phi) is 6.91. The molecule has 0 spiro atoms. The minimum Gasteiger partial charge on any atom is -0.349 e. The average Bonchev–Trinajstić information content (AvgIpc) is 2.46. The molecule has 0 fully saturated rings. The van der Waals surface area contributed by atoms with E-state index in [0.29, 0.717) is 0 Å². The zero-order chi connectivity index (χ0) is 16.8. The molecule has 0 heterocycles. The Balaban J connectivity index is 2.89. The molecule has 0 bridgehead atoms. The highest BCUT2D eigenvalue weighted by atomic mass is 19.4. The first-order valence-corrected chi connectivity index (χ1v) is 7.78. The number of hydrogen-bond donors (Lipinski definition) is 1. The molecule has 0 aromatic heterocycles. The molecule has 1 amide bonds. The second-order valence-corrected chi connectivity index (χ2v) is 5.64. The quantitative estimate of drug-likeness (QED) is 0.750. The predicted molar refractivity (Wildman–Crippen MR) is 81.7 cm³/mol. The van der Waals surface area contributed by atoms with Gasteiger partial charge in [-0.3, -0.25) is 4.79 Å². The number of halogens is 3. The van der Waals surface area contributed by atoms with Gasteiger partial charge in [-0.25, -0.2) is 0 Å². The summed E-state index contributed by atoms with van der Waals surface area (Å²) in [4.78, 5) is 12.2. The van der Waals surface area contributed by atoms with Gasteiger partial charge in [0.25, 0.3) is 5.91 Å². The van der Waals surface area contributed by atoms with Crippen LogP contribution in [-0.4, -0.2) is 11.9 Å². The van der Waals surface area contributed by atoms with Gasteiger partial charge in [0.15, 0.2) is 0 Å². The number of rotatable bonds is 7. The fourth-order valence-electron chi connectivity index (χ4n) is 2.72. The molecule has 1 N–H and O–H groups in total. The first kappa shape index (κ1) is 18.5. The molecule has 2 nitrogen and oxygen atoms in total. The highest BCUT2D eigenvalue weighted by Crippen LogP contribution is 2.32. The van der Waals surface area contributed by atoms with Crippen LogP contribution in [0, 0.1) is 5.92 Å². The van der Waals surface area contributed by atoms with E-state index >= 15 is 0 Å². The van der Waals surface area contributed by atoms with E-state index in [0.717, 1.165) is 31.7 Å². The Bertz CT molecular complexity index is 479. The van der Waals surface area contributed by atoms with Crippen molar-refractivity contribution in [3.63, 3.8) is 0 Å². The average molecular weight is 315 g/mol. The lowest BCUT2D eigenvalue weighted by Crippen LogP contribution is -2.39. The topological polar surface area (TPSA) is 29.1 Å². The normalized spacial score (nSPS) is 13.2. The van der Waals surface area contributed by atoms with Crippen LogP contribution >= 0.6 is 0 Å². The van der Waals surface area contributed by atoms with E-state index in [-0.39, 0.29) is 17.5 Å². The molecule has 1 rings (SSSR count). The third-order valence-electron chi connectivity index (χ3n) is 3.86. The van der Waals surface area contributed by atoms with Crippen LogP contribution in [0.4, 0.5) is 13.2 Å². The summed E-state index contributed by atoms with van der Waals surface area (Å²) in [7, 11) is 0. The highest BCUT2D eigenvalue weighted by molar-refractivity contribution is 5.96. The minimum atomic E-state index is -4.52. The zero-order valence-corrected chi connectivity index (χ0v) is 13.3. The predicted octanol–water partition coefficient (Wildman–Crippen LogP) is 5.04. The van der Waals surface area contributed by atoms with Crippen molar-refractivity contribution in [3.8, 4) is 0 Å². The SMILES string of the molecule is CCCC(CCC)C(C)NC(=O)c1ccccc1C(F)(F)F. The van der Waals surface area contributed by atoms with E-state index in [1.165, 1.54) is 18.2 Å². The number of hydrogen-bond acceptors (Lipinski definition) is 1. The van der Waals surface area contributed by atoms with Gasteiger partial charge in [-0.15, -0.1) is 0 Å². The van der Waals surface area contributed by atoms with Crippen molar-refractivity contribution in [1.82, 2.24) is 5.32 Å². The molecule has 0 aliphatic heterocycles. The maximum Gasteiger partial charge on any atom is 0.417 e. The van der Waals surface area contributed by atoms with Crippen molar-refractivity contribution in [3.05, 3.63) is 35.4 Å². The van der Waals surface area contributed by atoms with Crippen molar-refractivity contribution in [2.45, 2.75) is 58.7 Å². The Morgan fingerprint density at radius 3 is 2.18 bits per heavy atom. The molecule has 1 unspecified atom stereocenters. The van der Waals surface area contributed by atoms with Gasteiger partial charge >= 0.3 is 6.18 Å². The molecule has 1 aromatic rings. The van der Waals surface area contributed by atoms with Crippen LogP contribution in [0.25, 0.3) is 0 Å². The van der Waals surface area contributed by atoms with Gasteiger partial charge in [-0.05, 0) is 37.8 Å². The van der Waals surface area contributed by atoms with Crippen molar-refractivity contribution in [2.24, 2.45) is 5.92 Å². The summed E-state index contributed by atoms with van der Waals surface area (Å²) < 4.78 is 38.9. The Labute approximate surface area is 130 Å². The molecule has 22 heavy (non-hydrogen) atoms. The number of carbonyl (C=O) groups excluding carboxylic acids is 1. The number of nitrogens with one attached hydrogen (secondary N) is 1. The summed E-state index contributed by atoms with van der Waals surface area (Å²) in [6.07, 6.45) is -0.635. The first-order valence-electron chi connectivity index (χ1n) is 7.78. The summed E-state index contributed by atoms with van der Waals surface area (Å²) in [6, 6.07) is 4.76. The summed E-state index contributed by atoms with van der Waals surface area (Å²) >= 11 is 0. The van der Waals surface area contributed by atoms with Crippen LogP contribution in [0.3, 0.4) is 0 Å². The zero-order valence-electron chi connectivity index (χ0n) is 13.3. The number of alkyl halides is 3. The van der Waals surface area contributed by atoms with E-state index in [1.54, 1.807) is 0 Å². The van der Waals surface area contributed by atoms with Crippen molar-refractivity contribution < 1.29 is 18.0 Å². The minimum absolute atomic E-state index is 0.145. The van der Waals surface area contributed by atoms with Crippen LogP contribution in [0.1, 0.15) is 62.4 Å². The maximum absolute atomic E-state index is 13.0. The lowest BCUT2D eigenvalue weighted by molar-refractivity contribution is -0.137. The molecule has 124 valence electrons. The molecule has 0 aliphatic carbocycles. The largest absolute Gasteiger partial charge is 0.417 e. The summed E-state index contributed by atoms with van der Waals surface area (Å²) in [5.74, 6) is -0.366. The van der Waals surface area contributed by atoms with E-state index in [9.17, 15) is 18.0 Å². The summed E-state index contributed by atoms with van der Waals surface area (Å²) in [6.45, 7) is 6.00. The Morgan fingerprint density at radius 1 is 1.14 bits per heavy atom. The van der Waals surface area contributed by atoms with Gasteiger partial charge in [0.1, 0.15) is 0 Å². The van der Waals surface area contributed by atoms with Crippen LogP contribution in [0.5, 0.6) is 0 Å². The standard InChI is InChI=1S/C17H24F3NO/c1-4-8-13(9-5-2)12(3)21-16(22)14-10-6-7-11-15(14)17(18,19)20/h6-7,10-13H,4-5,8-9H2,1-3H3,(H,21,22). The van der Waals surface area contributed by atoms with E-state index < -0.39 is 17.6 Å². The number of amides is 1. The first-order chi connectivity index (χ1) is 10.3. The molecule has 0 saturated heterocycles. The summed E-state index contributed by atoms with van der Waals surface area (Å²) in [5.41, 5.74) is -1.20. The van der Waals surface area contributed by atoms with Crippen LogP contribution < -0.4 is 5.32 Å². The van der Waals surface area contributed by atoms with Gasteiger partial charge in [-0.1, -0.05) is 38.8 Å². The Morgan fingerprint density at radius 2 is 1.68 bits per heavy atom. The third-order valence-corrected chi connectivity index (χ3v) is 3.86. The lowest BCUT2D eigenvalue weighted by Gasteiger charge is -2.25. The van der Waals surface area contributed by atoms with Gasteiger partial charge < -0.3 is 5.32 Å². The molecule has 0 aliphatic rings. The van der Waals surface area contributed by atoms with Crippen LogP contribution in [0.2, 0.25) is 0 Å². The lowest BCUT2D eigenvalue weighted by atomic mass is 9.91. The molecule has 1 atom stereocenters. The molecule has 0 saturated carbocycles. The molecular formula is C17H24F3NO. The maximum atomic E-state index is 13.0.